The molecule has 2 aromatic heterocycles. The lowest BCUT2D eigenvalue weighted by Gasteiger charge is -2.05. The zero-order valence-corrected chi connectivity index (χ0v) is 12.3. The number of hydrogen-bond acceptors (Lipinski definition) is 5. The standard InChI is InChI=1S/C18H10N2O4/c21-17-12-6-2-4-8-15(12)24-18(16(17)20(22)23)14-10-9-11-5-1-3-7-13(11)19-14/h1-10H. The Morgan fingerprint density at radius 1 is 0.958 bits per heavy atom. The lowest BCUT2D eigenvalue weighted by molar-refractivity contribution is -0.386. The number of hydrogen-bond donors (Lipinski definition) is 0. The van der Waals surface area contributed by atoms with Crippen LogP contribution < -0.4 is 5.43 Å². The van der Waals surface area contributed by atoms with Gasteiger partial charge in [0.15, 0.2) is 0 Å². The third-order valence-corrected chi connectivity index (χ3v) is 3.79. The maximum absolute atomic E-state index is 12.5. The fourth-order valence-electron chi connectivity index (χ4n) is 2.66. The highest BCUT2D eigenvalue weighted by Crippen LogP contribution is 2.30. The van der Waals surface area contributed by atoms with Gasteiger partial charge < -0.3 is 4.42 Å². The second-order valence-electron chi connectivity index (χ2n) is 5.25. The second kappa shape index (κ2) is 5.27. The predicted octanol–water partition coefficient (Wildman–Crippen LogP) is 3.92. The first-order chi connectivity index (χ1) is 11.6. The van der Waals surface area contributed by atoms with Crippen LogP contribution in [0, 0.1) is 10.1 Å². The molecule has 0 unspecified atom stereocenters. The van der Waals surface area contributed by atoms with E-state index in [1.807, 2.05) is 18.2 Å². The van der Waals surface area contributed by atoms with Crippen LogP contribution in [0.2, 0.25) is 0 Å². The van der Waals surface area contributed by atoms with Gasteiger partial charge in [-0.2, -0.15) is 0 Å². The molecule has 0 spiro atoms. The number of nitrogens with zero attached hydrogens (tertiary/aromatic N) is 2. The topological polar surface area (TPSA) is 86.2 Å². The van der Waals surface area contributed by atoms with Crippen molar-refractivity contribution < 1.29 is 9.34 Å². The zero-order valence-electron chi connectivity index (χ0n) is 12.3. The van der Waals surface area contributed by atoms with Gasteiger partial charge in [-0.15, -0.1) is 0 Å². The Hall–Kier alpha value is -3.54. The lowest BCUT2D eigenvalue weighted by atomic mass is 10.1. The molecule has 4 aromatic rings. The van der Waals surface area contributed by atoms with Gasteiger partial charge in [0.2, 0.25) is 5.76 Å². The second-order valence-corrected chi connectivity index (χ2v) is 5.25. The summed E-state index contributed by atoms with van der Waals surface area (Å²) in [6.07, 6.45) is 0. The molecule has 0 atom stereocenters. The van der Waals surface area contributed by atoms with Crippen molar-refractivity contribution >= 4 is 27.6 Å². The van der Waals surface area contributed by atoms with E-state index in [9.17, 15) is 14.9 Å². The van der Waals surface area contributed by atoms with Crippen LogP contribution in [0.5, 0.6) is 0 Å². The molecule has 0 N–H and O–H groups in total. The summed E-state index contributed by atoms with van der Waals surface area (Å²) in [6.45, 7) is 0. The van der Waals surface area contributed by atoms with Crippen LogP contribution in [0.3, 0.4) is 0 Å². The normalized spacial score (nSPS) is 11.0. The molecule has 2 aromatic carbocycles. The molecule has 0 bridgehead atoms. The summed E-state index contributed by atoms with van der Waals surface area (Å²) in [7, 11) is 0. The maximum Gasteiger partial charge on any atom is 0.361 e. The van der Waals surface area contributed by atoms with Gasteiger partial charge in [-0.25, -0.2) is 4.98 Å². The van der Waals surface area contributed by atoms with E-state index in [0.717, 1.165) is 5.39 Å². The molecule has 0 amide bonds. The molecule has 0 aliphatic rings. The minimum atomic E-state index is -0.718. The average Bonchev–Trinajstić information content (AvgIpc) is 2.61. The molecule has 24 heavy (non-hydrogen) atoms. The molecular weight excluding hydrogens is 308 g/mol. The monoisotopic (exact) mass is 318 g/mol. The Morgan fingerprint density at radius 3 is 2.54 bits per heavy atom. The van der Waals surface area contributed by atoms with Crippen LogP contribution in [-0.2, 0) is 0 Å². The number of rotatable bonds is 2. The number of fused-ring (bicyclic) bond motifs is 2. The van der Waals surface area contributed by atoms with E-state index in [2.05, 4.69) is 4.98 Å². The summed E-state index contributed by atoms with van der Waals surface area (Å²) < 4.78 is 5.67. The van der Waals surface area contributed by atoms with Crippen LogP contribution in [0.25, 0.3) is 33.3 Å². The minimum Gasteiger partial charge on any atom is -0.447 e. The van der Waals surface area contributed by atoms with E-state index in [4.69, 9.17) is 4.42 Å². The SMILES string of the molecule is O=c1c([N+](=O)[O-])c(-c2ccc3ccccc3n2)oc2ccccc12. The molecule has 6 heteroatoms. The maximum atomic E-state index is 12.5. The molecule has 0 saturated heterocycles. The summed E-state index contributed by atoms with van der Waals surface area (Å²) in [6, 6.07) is 17.2. The molecule has 0 fully saturated rings. The Bertz CT molecular complexity index is 1160. The van der Waals surface area contributed by atoms with Crippen molar-refractivity contribution in [2.45, 2.75) is 0 Å². The zero-order chi connectivity index (χ0) is 16.7. The molecule has 4 rings (SSSR count). The molecule has 0 radical (unpaired) electrons. The van der Waals surface area contributed by atoms with Crippen molar-refractivity contribution in [2.24, 2.45) is 0 Å². The summed E-state index contributed by atoms with van der Waals surface area (Å²) >= 11 is 0. The largest absolute Gasteiger partial charge is 0.447 e. The number of benzene rings is 2. The summed E-state index contributed by atoms with van der Waals surface area (Å²) in [5.74, 6) is -0.130. The molecule has 116 valence electrons. The predicted molar refractivity (Wildman–Crippen MR) is 89.9 cm³/mol. The first-order valence-corrected chi connectivity index (χ1v) is 7.21. The number of pyridine rings is 1. The fraction of sp³-hybridized carbons (Fsp3) is 0. The summed E-state index contributed by atoms with van der Waals surface area (Å²) in [4.78, 5) is 27.6. The van der Waals surface area contributed by atoms with Gasteiger partial charge >= 0.3 is 5.69 Å². The smallest absolute Gasteiger partial charge is 0.361 e. The molecule has 0 aliphatic heterocycles. The van der Waals surface area contributed by atoms with E-state index in [1.54, 1.807) is 36.4 Å². The van der Waals surface area contributed by atoms with Crippen molar-refractivity contribution in [1.29, 1.82) is 0 Å². The van der Waals surface area contributed by atoms with E-state index in [0.29, 0.717) is 5.52 Å². The molecular formula is C18H10N2O4. The molecule has 0 aliphatic carbocycles. The highest BCUT2D eigenvalue weighted by atomic mass is 16.6. The van der Waals surface area contributed by atoms with Gasteiger partial charge in [-0.1, -0.05) is 36.4 Å². The van der Waals surface area contributed by atoms with E-state index in [1.165, 1.54) is 6.07 Å². The molecule has 2 heterocycles. The van der Waals surface area contributed by atoms with E-state index >= 15 is 0 Å². The Balaban J connectivity index is 2.09. The first-order valence-electron chi connectivity index (χ1n) is 7.21. The minimum absolute atomic E-state index is 0.130. The van der Waals surface area contributed by atoms with Crippen LogP contribution in [0.4, 0.5) is 5.69 Å². The fourth-order valence-corrected chi connectivity index (χ4v) is 2.66. The van der Waals surface area contributed by atoms with Gasteiger partial charge in [0, 0.05) is 5.39 Å². The Labute approximate surface area is 135 Å². The Kier molecular flexibility index (Phi) is 3.09. The van der Waals surface area contributed by atoms with Crippen LogP contribution >= 0.6 is 0 Å². The highest BCUT2D eigenvalue weighted by molar-refractivity contribution is 5.85. The summed E-state index contributed by atoms with van der Waals surface area (Å²) in [5.41, 5.74) is -0.0651. The average molecular weight is 318 g/mol. The number of aromatic nitrogens is 1. The van der Waals surface area contributed by atoms with Crippen molar-refractivity contribution in [1.82, 2.24) is 4.98 Å². The van der Waals surface area contributed by atoms with E-state index < -0.39 is 16.0 Å². The third-order valence-electron chi connectivity index (χ3n) is 3.79. The van der Waals surface area contributed by atoms with Crippen LogP contribution in [0.15, 0.2) is 69.9 Å². The lowest BCUT2D eigenvalue weighted by Crippen LogP contribution is -2.10. The van der Waals surface area contributed by atoms with Crippen molar-refractivity contribution in [3.05, 3.63) is 81.0 Å². The Morgan fingerprint density at radius 2 is 1.71 bits per heavy atom. The van der Waals surface area contributed by atoms with Gasteiger partial charge in [-0.3, -0.25) is 14.9 Å². The van der Waals surface area contributed by atoms with Gasteiger partial charge in [0.1, 0.15) is 11.3 Å². The third kappa shape index (κ3) is 2.13. The van der Waals surface area contributed by atoms with Gasteiger partial charge in [-0.05, 0) is 24.3 Å². The van der Waals surface area contributed by atoms with Crippen LogP contribution in [0.1, 0.15) is 0 Å². The summed E-state index contributed by atoms with van der Waals surface area (Å²) in [5, 5.41) is 12.5. The van der Waals surface area contributed by atoms with Crippen LogP contribution in [-0.4, -0.2) is 9.91 Å². The molecule has 6 nitrogen and oxygen atoms in total. The number of para-hydroxylation sites is 2. The van der Waals surface area contributed by atoms with E-state index in [-0.39, 0.29) is 22.4 Å². The first kappa shape index (κ1) is 14.1. The number of nitro groups is 1. The van der Waals surface area contributed by atoms with Gasteiger partial charge in [0.25, 0.3) is 5.43 Å². The quantitative estimate of drug-likeness (QED) is 0.413. The molecule has 0 saturated carbocycles. The van der Waals surface area contributed by atoms with Crippen molar-refractivity contribution in [2.75, 3.05) is 0 Å². The highest BCUT2D eigenvalue weighted by Gasteiger charge is 2.26. The van der Waals surface area contributed by atoms with Gasteiger partial charge in [0.05, 0.1) is 15.8 Å². The van der Waals surface area contributed by atoms with Crippen molar-refractivity contribution in [3.63, 3.8) is 0 Å². The van der Waals surface area contributed by atoms with Crippen molar-refractivity contribution in [3.8, 4) is 11.5 Å².